The largest absolute Gasteiger partial charge is 0.381 e. The van der Waals surface area contributed by atoms with E-state index in [0.29, 0.717) is 18.0 Å². The minimum atomic E-state index is -0.0291. The van der Waals surface area contributed by atoms with Gasteiger partial charge in [0.1, 0.15) is 5.82 Å². The second-order valence-corrected chi connectivity index (χ2v) is 5.45. The maximum atomic E-state index is 12.3. The lowest BCUT2D eigenvalue weighted by Gasteiger charge is -2.12. The molecule has 0 aromatic carbocycles. The van der Waals surface area contributed by atoms with E-state index >= 15 is 0 Å². The summed E-state index contributed by atoms with van der Waals surface area (Å²) in [5.41, 5.74) is 1.62. The Kier molecular flexibility index (Phi) is 5.99. The average Bonchev–Trinajstić information content (AvgIpc) is 3.03. The lowest BCUT2D eigenvalue weighted by atomic mass is 10.1. The molecule has 5 nitrogen and oxygen atoms in total. The number of pyridine rings is 1. The van der Waals surface area contributed by atoms with Crippen LogP contribution in [-0.2, 0) is 11.2 Å². The molecule has 5 heteroatoms. The highest BCUT2D eigenvalue weighted by Gasteiger charge is 2.17. The molecule has 1 aromatic heterocycles. The predicted molar refractivity (Wildman–Crippen MR) is 83.7 cm³/mol. The van der Waals surface area contributed by atoms with Crippen LogP contribution in [0.25, 0.3) is 0 Å². The van der Waals surface area contributed by atoms with E-state index in [2.05, 4.69) is 22.5 Å². The van der Waals surface area contributed by atoms with Gasteiger partial charge in [-0.1, -0.05) is 13.8 Å². The third kappa shape index (κ3) is 4.70. The number of hydrogen-bond acceptors (Lipinski definition) is 4. The van der Waals surface area contributed by atoms with Crippen LogP contribution in [0.3, 0.4) is 0 Å². The molecule has 1 saturated heterocycles. The highest BCUT2D eigenvalue weighted by Crippen LogP contribution is 2.13. The topological polar surface area (TPSA) is 63.2 Å². The summed E-state index contributed by atoms with van der Waals surface area (Å²) in [6.45, 7) is 7.25. The van der Waals surface area contributed by atoms with Gasteiger partial charge in [-0.15, -0.1) is 0 Å². The first-order valence-electron chi connectivity index (χ1n) is 7.83. The fraction of sp³-hybridized carbons (Fsp3) is 0.625. The van der Waals surface area contributed by atoms with Crippen LogP contribution < -0.4 is 10.6 Å². The van der Waals surface area contributed by atoms with Gasteiger partial charge in [0.2, 0.25) is 0 Å². The van der Waals surface area contributed by atoms with Crippen LogP contribution in [0.1, 0.15) is 42.7 Å². The van der Waals surface area contributed by atoms with Gasteiger partial charge < -0.3 is 15.4 Å². The molecule has 0 bridgehead atoms. The summed E-state index contributed by atoms with van der Waals surface area (Å²) in [5.74, 6) is 1.20. The summed E-state index contributed by atoms with van der Waals surface area (Å²) in [6.07, 6.45) is 2.87. The second-order valence-electron chi connectivity index (χ2n) is 5.45. The molecule has 0 saturated carbocycles. The Balaban J connectivity index is 2.00. The van der Waals surface area contributed by atoms with Gasteiger partial charge in [0.05, 0.1) is 6.61 Å². The summed E-state index contributed by atoms with van der Waals surface area (Å²) in [5, 5.41) is 6.25. The number of amides is 1. The fourth-order valence-corrected chi connectivity index (χ4v) is 2.33. The number of nitrogens with zero attached hydrogens (tertiary/aromatic N) is 1. The van der Waals surface area contributed by atoms with Crippen LogP contribution in [0.4, 0.5) is 5.82 Å². The Labute approximate surface area is 126 Å². The maximum absolute atomic E-state index is 12.3. The van der Waals surface area contributed by atoms with Gasteiger partial charge in [-0.25, -0.2) is 4.98 Å². The van der Waals surface area contributed by atoms with Gasteiger partial charge in [0.25, 0.3) is 5.91 Å². The Hall–Kier alpha value is -1.62. The van der Waals surface area contributed by atoms with E-state index in [1.165, 1.54) is 0 Å². The van der Waals surface area contributed by atoms with E-state index in [-0.39, 0.29) is 5.91 Å². The molecule has 1 aliphatic rings. The molecule has 116 valence electrons. The van der Waals surface area contributed by atoms with Crippen molar-refractivity contribution in [3.8, 4) is 0 Å². The Morgan fingerprint density at radius 3 is 2.95 bits per heavy atom. The standard InChI is InChI=1S/C16H25N3O2/c1-3-6-17-15-9-13(8-14(4-2)19-15)16(20)18-10-12-5-7-21-11-12/h8-9,12H,3-7,10-11H2,1-2H3,(H,17,19)(H,18,20). The maximum Gasteiger partial charge on any atom is 0.251 e. The van der Waals surface area contributed by atoms with E-state index in [1.54, 1.807) is 0 Å². The van der Waals surface area contributed by atoms with E-state index in [9.17, 15) is 4.79 Å². The number of aromatic nitrogens is 1. The van der Waals surface area contributed by atoms with E-state index < -0.39 is 0 Å². The first-order valence-corrected chi connectivity index (χ1v) is 7.83. The lowest BCUT2D eigenvalue weighted by Crippen LogP contribution is -2.29. The predicted octanol–water partition coefficient (Wildman–Crippen LogP) is 2.23. The molecule has 2 N–H and O–H groups in total. The van der Waals surface area contributed by atoms with Gasteiger partial charge in [0.15, 0.2) is 0 Å². The normalized spacial score (nSPS) is 17.7. The number of ether oxygens (including phenoxy) is 1. The first kappa shape index (κ1) is 15.8. The fourth-order valence-electron chi connectivity index (χ4n) is 2.33. The monoisotopic (exact) mass is 291 g/mol. The van der Waals surface area contributed by atoms with E-state index in [0.717, 1.165) is 50.5 Å². The highest BCUT2D eigenvalue weighted by atomic mass is 16.5. The van der Waals surface area contributed by atoms with Gasteiger partial charge in [-0.05, 0) is 31.4 Å². The SMILES string of the molecule is CCCNc1cc(C(=O)NCC2CCOC2)cc(CC)n1. The number of carbonyl (C=O) groups is 1. The molecule has 2 heterocycles. The van der Waals surface area contributed by atoms with Crippen molar-refractivity contribution in [1.29, 1.82) is 0 Å². The number of nitrogens with one attached hydrogen (secondary N) is 2. The van der Waals surface area contributed by atoms with Crippen molar-refractivity contribution in [3.05, 3.63) is 23.4 Å². The molecule has 2 rings (SSSR count). The Morgan fingerprint density at radius 2 is 2.29 bits per heavy atom. The zero-order valence-electron chi connectivity index (χ0n) is 12.9. The Bertz CT molecular complexity index is 471. The van der Waals surface area contributed by atoms with Crippen molar-refractivity contribution in [2.45, 2.75) is 33.1 Å². The summed E-state index contributed by atoms with van der Waals surface area (Å²) < 4.78 is 5.32. The van der Waals surface area contributed by atoms with Gasteiger partial charge >= 0.3 is 0 Å². The molecule has 1 atom stereocenters. The summed E-state index contributed by atoms with van der Waals surface area (Å²) in [4.78, 5) is 16.8. The molecule has 1 aliphatic heterocycles. The van der Waals surface area contributed by atoms with Crippen molar-refractivity contribution in [3.63, 3.8) is 0 Å². The molecule has 1 aromatic rings. The molecular formula is C16H25N3O2. The molecule has 1 unspecified atom stereocenters. The van der Waals surface area contributed by atoms with Crippen molar-refractivity contribution in [2.24, 2.45) is 5.92 Å². The lowest BCUT2D eigenvalue weighted by molar-refractivity contribution is 0.0945. The molecule has 1 amide bonds. The number of aryl methyl sites for hydroxylation is 1. The number of rotatable bonds is 7. The summed E-state index contributed by atoms with van der Waals surface area (Å²) in [6, 6.07) is 3.70. The minimum absolute atomic E-state index is 0.0291. The number of anilines is 1. The molecule has 0 aliphatic carbocycles. The zero-order chi connectivity index (χ0) is 15.1. The van der Waals surface area contributed by atoms with Crippen LogP contribution in [-0.4, -0.2) is 37.2 Å². The van der Waals surface area contributed by atoms with Crippen LogP contribution in [0, 0.1) is 5.92 Å². The summed E-state index contributed by atoms with van der Waals surface area (Å²) in [7, 11) is 0. The van der Waals surface area contributed by atoms with Gasteiger partial charge in [-0.3, -0.25) is 4.79 Å². The summed E-state index contributed by atoms with van der Waals surface area (Å²) >= 11 is 0. The zero-order valence-corrected chi connectivity index (χ0v) is 12.9. The van der Waals surface area contributed by atoms with Crippen LogP contribution in [0.15, 0.2) is 12.1 Å². The van der Waals surface area contributed by atoms with Crippen molar-refractivity contribution in [1.82, 2.24) is 10.3 Å². The molecule has 1 fully saturated rings. The van der Waals surface area contributed by atoms with E-state index in [4.69, 9.17) is 4.74 Å². The number of carbonyl (C=O) groups excluding carboxylic acids is 1. The second kappa shape index (κ2) is 7.98. The third-order valence-corrected chi connectivity index (χ3v) is 3.63. The number of hydrogen-bond donors (Lipinski definition) is 2. The molecule has 21 heavy (non-hydrogen) atoms. The molecular weight excluding hydrogens is 266 g/mol. The smallest absolute Gasteiger partial charge is 0.251 e. The minimum Gasteiger partial charge on any atom is -0.381 e. The van der Waals surface area contributed by atoms with Gasteiger partial charge in [0, 0.05) is 36.9 Å². The van der Waals surface area contributed by atoms with Crippen LogP contribution >= 0.6 is 0 Å². The molecule has 0 radical (unpaired) electrons. The van der Waals surface area contributed by atoms with Gasteiger partial charge in [-0.2, -0.15) is 0 Å². The first-order chi connectivity index (χ1) is 10.2. The molecule has 0 spiro atoms. The van der Waals surface area contributed by atoms with Crippen molar-refractivity contribution in [2.75, 3.05) is 31.6 Å². The average molecular weight is 291 g/mol. The van der Waals surface area contributed by atoms with Crippen LogP contribution in [0.2, 0.25) is 0 Å². The van der Waals surface area contributed by atoms with Crippen LogP contribution in [0.5, 0.6) is 0 Å². The Morgan fingerprint density at radius 1 is 1.43 bits per heavy atom. The van der Waals surface area contributed by atoms with E-state index in [1.807, 2.05) is 19.1 Å². The quantitative estimate of drug-likeness (QED) is 0.808. The highest BCUT2D eigenvalue weighted by molar-refractivity contribution is 5.95. The van der Waals surface area contributed by atoms with Crippen molar-refractivity contribution < 1.29 is 9.53 Å². The third-order valence-electron chi connectivity index (χ3n) is 3.63. The van der Waals surface area contributed by atoms with Crippen molar-refractivity contribution >= 4 is 11.7 Å².